The van der Waals surface area contributed by atoms with Crippen LogP contribution < -0.4 is 10.6 Å². The lowest BCUT2D eigenvalue weighted by molar-refractivity contribution is -0.124. The molecule has 2 N–H and O–H groups in total. The SMILES string of the molecule is CC(C)CC(NC(=O)N1CCC(N2CCCCC2)CC1)C(=O)NC(CCc1ccccc1)CCS(=O)(=O)c1ccc2ccccc2c1. The number of carbonyl (C=O) groups is 2. The highest BCUT2D eigenvalue weighted by Gasteiger charge is 2.31. The number of benzene rings is 3. The van der Waals surface area contributed by atoms with Gasteiger partial charge in [0.2, 0.25) is 5.91 Å². The molecule has 2 fully saturated rings. The van der Waals surface area contributed by atoms with Crippen molar-refractivity contribution in [1.29, 1.82) is 0 Å². The molecule has 2 unspecified atom stereocenters. The molecule has 9 heteroatoms. The third kappa shape index (κ3) is 10.0. The van der Waals surface area contributed by atoms with E-state index in [0.717, 1.165) is 42.3 Å². The van der Waals surface area contributed by atoms with E-state index in [1.807, 2.05) is 79.4 Å². The van der Waals surface area contributed by atoms with E-state index in [-0.39, 0.29) is 36.1 Å². The van der Waals surface area contributed by atoms with Gasteiger partial charge < -0.3 is 20.4 Å². The average molecular weight is 661 g/mol. The number of aryl methyl sites for hydroxylation is 1. The van der Waals surface area contributed by atoms with Crippen molar-refractivity contribution in [2.45, 2.75) is 94.7 Å². The number of carbonyl (C=O) groups excluding carboxylic acids is 2. The molecule has 0 aliphatic carbocycles. The first-order valence-electron chi connectivity index (χ1n) is 17.5. The molecular weight excluding hydrogens is 609 g/mol. The highest BCUT2D eigenvalue weighted by Crippen LogP contribution is 2.23. The minimum Gasteiger partial charge on any atom is -0.352 e. The number of piperidine rings is 2. The number of likely N-dealkylation sites (tertiary alicyclic amines) is 2. The molecular formula is C38H52N4O4S. The first kappa shape index (κ1) is 34.9. The third-order valence-corrected chi connectivity index (χ3v) is 11.5. The van der Waals surface area contributed by atoms with Gasteiger partial charge in [0.05, 0.1) is 10.6 Å². The summed E-state index contributed by atoms with van der Waals surface area (Å²) in [7, 11) is -3.58. The molecule has 2 aliphatic heterocycles. The van der Waals surface area contributed by atoms with Gasteiger partial charge in [-0.2, -0.15) is 0 Å². The number of hydrogen-bond donors (Lipinski definition) is 2. The van der Waals surface area contributed by atoms with E-state index < -0.39 is 15.9 Å². The summed E-state index contributed by atoms with van der Waals surface area (Å²) in [5, 5.41) is 8.08. The molecule has 0 radical (unpaired) electrons. The topological polar surface area (TPSA) is 98.8 Å². The van der Waals surface area contributed by atoms with E-state index >= 15 is 0 Å². The van der Waals surface area contributed by atoms with Gasteiger partial charge in [0.1, 0.15) is 6.04 Å². The lowest BCUT2D eigenvalue weighted by atomic mass is 9.99. The van der Waals surface area contributed by atoms with Crippen LogP contribution in [0.5, 0.6) is 0 Å². The Labute approximate surface area is 281 Å². The van der Waals surface area contributed by atoms with Crippen LogP contribution in [0.4, 0.5) is 4.79 Å². The number of urea groups is 1. The van der Waals surface area contributed by atoms with Gasteiger partial charge in [-0.1, -0.05) is 80.9 Å². The van der Waals surface area contributed by atoms with Crippen molar-refractivity contribution in [3.63, 3.8) is 0 Å². The lowest BCUT2D eigenvalue weighted by Gasteiger charge is -2.40. The fourth-order valence-corrected chi connectivity index (χ4v) is 8.43. The Bertz CT molecular complexity index is 1560. The molecule has 3 aromatic rings. The van der Waals surface area contributed by atoms with Crippen LogP contribution in [-0.4, -0.2) is 80.2 Å². The molecule has 5 rings (SSSR count). The molecule has 3 amide bonds. The maximum Gasteiger partial charge on any atom is 0.318 e. The number of nitrogens with one attached hydrogen (secondary N) is 2. The summed E-state index contributed by atoms with van der Waals surface area (Å²) in [5.74, 6) is -0.151. The number of rotatable bonds is 13. The number of amides is 3. The summed E-state index contributed by atoms with van der Waals surface area (Å²) in [6, 6.07) is 22.2. The van der Waals surface area contributed by atoms with E-state index in [4.69, 9.17) is 0 Å². The van der Waals surface area contributed by atoms with Gasteiger partial charge in [0, 0.05) is 25.2 Å². The minimum absolute atomic E-state index is 0.0851. The summed E-state index contributed by atoms with van der Waals surface area (Å²) >= 11 is 0. The number of nitrogens with zero attached hydrogens (tertiary/aromatic N) is 2. The zero-order chi connectivity index (χ0) is 33.2. The van der Waals surface area contributed by atoms with E-state index in [1.54, 1.807) is 12.1 Å². The van der Waals surface area contributed by atoms with E-state index in [2.05, 4.69) is 15.5 Å². The summed E-state index contributed by atoms with van der Waals surface area (Å²) in [4.78, 5) is 32.0. The molecule has 254 valence electrons. The highest BCUT2D eigenvalue weighted by molar-refractivity contribution is 7.91. The largest absolute Gasteiger partial charge is 0.352 e. The van der Waals surface area contributed by atoms with Crippen molar-refractivity contribution >= 4 is 32.5 Å². The second-order valence-corrected chi connectivity index (χ2v) is 15.9. The fraction of sp³-hybridized carbons (Fsp3) is 0.526. The summed E-state index contributed by atoms with van der Waals surface area (Å²) < 4.78 is 27.0. The van der Waals surface area contributed by atoms with E-state index in [0.29, 0.717) is 43.3 Å². The highest BCUT2D eigenvalue weighted by atomic mass is 32.2. The Morgan fingerprint density at radius 2 is 1.49 bits per heavy atom. The Balaban J connectivity index is 1.23. The maximum atomic E-state index is 13.8. The Morgan fingerprint density at radius 3 is 2.19 bits per heavy atom. The summed E-state index contributed by atoms with van der Waals surface area (Å²) in [6.07, 6.45) is 7.82. The van der Waals surface area contributed by atoms with Gasteiger partial charge in [-0.3, -0.25) is 4.79 Å². The van der Waals surface area contributed by atoms with Crippen molar-refractivity contribution < 1.29 is 18.0 Å². The predicted octanol–water partition coefficient (Wildman–Crippen LogP) is 6.20. The van der Waals surface area contributed by atoms with Crippen LogP contribution in [0, 0.1) is 5.92 Å². The van der Waals surface area contributed by atoms with Gasteiger partial charge >= 0.3 is 6.03 Å². The molecule has 0 aromatic heterocycles. The van der Waals surface area contributed by atoms with Crippen molar-refractivity contribution in [1.82, 2.24) is 20.4 Å². The molecule has 0 bridgehead atoms. The van der Waals surface area contributed by atoms with Crippen LogP contribution in [0.1, 0.15) is 70.8 Å². The first-order valence-corrected chi connectivity index (χ1v) is 19.2. The van der Waals surface area contributed by atoms with Crippen LogP contribution in [0.15, 0.2) is 77.7 Å². The zero-order valence-electron chi connectivity index (χ0n) is 28.1. The van der Waals surface area contributed by atoms with Crippen LogP contribution in [0.25, 0.3) is 10.8 Å². The van der Waals surface area contributed by atoms with E-state index in [1.165, 1.54) is 19.3 Å². The number of sulfone groups is 1. The van der Waals surface area contributed by atoms with Crippen LogP contribution in [-0.2, 0) is 21.1 Å². The zero-order valence-corrected chi connectivity index (χ0v) is 28.9. The summed E-state index contributed by atoms with van der Waals surface area (Å²) in [5.41, 5.74) is 1.13. The predicted molar refractivity (Wildman–Crippen MR) is 189 cm³/mol. The molecule has 2 heterocycles. The molecule has 47 heavy (non-hydrogen) atoms. The molecule has 0 saturated carbocycles. The molecule has 2 saturated heterocycles. The Hall–Kier alpha value is -3.43. The first-order chi connectivity index (χ1) is 22.7. The molecule has 3 aromatic carbocycles. The quantitative estimate of drug-likeness (QED) is 0.228. The van der Waals surface area contributed by atoms with Crippen molar-refractivity contribution in [2.75, 3.05) is 31.9 Å². The second kappa shape index (κ2) is 16.6. The minimum atomic E-state index is -3.58. The fourth-order valence-electron chi connectivity index (χ4n) is 7.01. The average Bonchev–Trinajstić information content (AvgIpc) is 3.09. The standard InChI is InChI=1S/C38H52N4O4S/c1-29(2)27-36(40-38(44)42-24-19-34(20-25-42)41-22-9-4-10-23-41)37(43)39-33(17-15-30-11-5-3-6-12-30)21-26-47(45,46)35-18-16-31-13-7-8-14-32(31)28-35/h3,5-8,11-14,16,18,28-29,33-34,36H,4,9-10,15,17,19-27H2,1-2H3,(H,39,43)(H,40,44). The molecule has 8 nitrogen and oxygen atoms in total. The van der Waals surface area contributed by atoms with Crippen molar-refractivity contribution in [3.05, 3.63) is 78.4 Å². The molecule has 2 aliphatic rings. The van der Waals surface area contributed by atoms with Gasteiger partial charge in [0.15, 0.2) is 9.84 Å². The summed E-state index contributed by atoms with van der Waals surface area (Å²) in [6.45, 7) is 7.77. The van der Waals surface area contributed by atoms with Gasteiger partial charge in [-0.15, -0.1) is 0 Å². The van der Waals surface area contributed by atoms with Gasteiger partial charge in [-0.25, -0.2) is 13.2 Å². The smallest absolute Gasteiger partial charge is 0.318 e. The monoisotopic (exact) mass is 660 g/mol. The van der Waals surface area contributed by atoms with E-state index in [9.17, 15) is 18.0 Å². The molecule has 2 atom stereocenters. The van der Waals surface area contributed by atoms with Crippen LogP contribution >= 0.6 is 0 Å². The van der Waals surface area contributed by atoms with Gasteiger partial charge in [-0.05, 0) is 98.8 Å². The van der Waals surface area contributed by atoms with Crippen LogP contribution in [0.3, 0.4) is 0 Å². The second-order valence-electron chi connectivity index (χ2n) is 13.8. The maximum absolute atomic E-state index is 13.8. The third-order valence-electron chi connectivity index (χ3n) is 9.77. The Morgan fingerprint density at radius 1 is 0.809 bits per heavy atom. The number of fused-ring (bicyclic) bond motifs is 1. The van der Waals surface area contributed by atoms with Crippen LogP contribution in [0.2, 0.25) is 0 Å². The molecule has 0 spiro atoms. The Kier molecular flexibility index (Phi) is 12.3. The number of hydrogen-bond acceptors (Lipinski definition) is 5. The van der Waals surface area contributed by atoms with Crippen molar-refractivity contribution in [2.24, 2.45) is 5.92 Å². The lowest BCUT2D eigenvalue weighted by Crippen LogP contribution is -2.56. The normalized spacial score (nSPS) is 17.8. The van der Waals surface area contributed by atoms with Crippen molar-refractivity contribution in [3.8, 4) is 0 Å². The van der Waals surface area contributed by atoms with Gasteiger partial charge in [0.25, 0.3) is 0 Å².